The lowest BCUT2D eigenvalue weighted by atomic mass is 10.2. The summed E-state index contributed by atoms with van der Waals surface area (Å²) in [7, 11) is 0. The molecule has 0 aliphatic carbocycles. The first-order chi connectivity index (χ1) is 7.18. The third-order valence-electron chi connectivity index (χ3n) is 1.70. The summed E-state index contributed by atoms with van der Waals surface area (Å²) in [6.07, 6.45) is 2.08. The lowest BCUT2D eigenvalue weighted by molar-refractivity contribution is 0.377. The number of aromatic nitrogens is 2. The van der Waals surface area contributed by atoms with Crippen LogP contribution in [0.2, 0.25) is 0 Å². The summed E-state index contributed by atoms with van der Waals surface area (Å²) in [5.74, 6) is 1.20. The van der Waals surface area contributed by atoms with Crippen molar-refractivity contribution in [2.24, 2.45) is 5.92 Å². The topological polar surface area (TPSA) is 63.0 Å². The van der Waals surface area contributed by atoms with Crippen molar-refractivity contribution in [1.29, 1.82) is 0 Å². The largest absolute Gasteiger partial charge is 0.362 e. The van der Waals surface area contributed by atoms with Gasteiger partial charge in [-0.2, -0.15) is 4.98 Å². The molecule has 0 unspecified atom stereocenters. The fourth-order valence-corrected chi connectivity index (χ4v) is 1.13. The molecule has 5 nitrogen and oxygen atoms in total. The monoisotopic (exact) mass is 228 g/mol. The van der Waals surface area contributed by atoms with Crippen LogP contribution in [0.1, 0.15) is 19.7 Å². The molecule has 0 atom stereocenters. The predicted molar refractivity (Wildman–Crippen MR) is 61.4 cm³/mol. The van der Waals surface area contributed by atoms with E-state index in [0.29, 0.717) is 29.9 Å². The Morgan fingerprint density at radius 1 is 1.53 bits per heavy atom. The van der Waals surface area contributed by atoms with E-state index in [9.17, 15) is 0 Å². The van der Waals surface area contributed by atoms with Crippen LogP contribution in [0, 0.1) is 5.92 Å². The lowest BCUT2D eigenvalue weighted by Gasteiger charge is -2.11. The summed E-state index contributed by atoms with van der Waals surface area (Å²) in [6, 6.07) is 0. The molecule has 0 bridgehead atoms. The number of thiocarbonyl (C=S) groups is 1. The van der Waals surface area contributed by atoms with Gasteiger partial charge < -0.3 is 15.2 Å². The van der Waals surface area contributed by atoms with E-state index in [2.05, 4.69) is 34.6 Å². The van der Waals surface area contributed by atoms with Gasteiger partial charge in [0.1, 0.15) is 0 Å². The van der Waals surface area contributed by atoms with Crippen molar-refractivity contribution in [1.82, 2.24) is 20.8 Å². The van der Waals surface area contributed by atoms with E-state index in [1.807, 2.05) is 0 Å². The summed E-state index contributed by atoms with van der Waals surface area (Å²) < 4.78 is 4.85. The van der Waals surface area contributed by atoms with Crippen molar-refractivity contribution in [3.8, 4) is 0 Å². The zero-order valence-electron chi connectivity index (χ0n) is 8.99. The highest BCUT2D eigenvalue weighted by atomic mass is 32.1. The molecule has 0 saturated carbocycles. The average Bonchev–Trinajstić information content (AvgIpc) is 2.67. The Kier molecular flexibility index (Phi) is 5.03. The third-order valence-corrected chi connectivity index (χ3v) is 1.99. The number of hydrogen-bond acceptors (Lipinski definition) is 4. The van der Waals surface area contributed by atoms with Gasteiger partial charge in [-0.1, -0.05) is 19.0 Å². The van der Waals surface area contributed by atoms with E-state index >= 15 is 0 Å². The highest BCUT2D eigenvalue weighted by Gasteiger charge is 2.00. The average molecular weight is 228 g/mol. The first-order valence-electron chi connectivity index (χ1n) is 4.95. The van der Waals surface area contributed by atoms with Crippen molar-refractivity contribution < 1.29 is 4.52 Å². The Balaban J connectivity index is 2.07. The summed E-state index contributed by atoms with van der Waals surface area (Å²) in [4.78, 5) is 3.91. The zero-order valence-corrected chi connectivity index (χ0v) is 9.80. The highest BCUT2D eigenvalue weighted by molar-refractivity contribution is 7.80. The van der Waals surface area contributed by atoms with Crippen molar-refractivity contribution in [3.05, 3.63) is 12.2 Å². The Morgan fingerprint density at radius 2 is 2.33 bits per heavy atom. The van der Waals surface area contributed by atoms with Gasteiger partial charge in [0.25, 0.3) is 0 Å². The minimum absolute atomic E-state index is 0.584. The molecule has 84 valence electrons. The standard InChI is InChI=1S/C9H16N4OS/c1-7(2)5-11-9(15)10-4-3-8-12-6-13-14-8/h6-7H,3-5H2,1-2H3,(H2,10,11,15). The minimum atomic E-state index is 0.584. The number of nitrogens with zero attached hydrogens (tertiary/aromatic N) is 2. The van der Waals surface area contributed by atoms with Crippen LogP contribution in [0.4, 0.5) is 0 Å². The van der Waals surface area contributed by atoms with Crippen LogP contribution in [0.15, 0.2) is 10.9 Å². The highest BCUT2D eigenvalue weighted by Crippen LogP contribution is 1.90. The molecular formula is C9H16N4OS. The van der Waals surface area contributed by atoms with Gasteiger partial charge in [-0.15, -0.1) is 0 Å². The smallest absolute Gasteiger partial charge is 0.228 e. The second kappa shape index (κ2) is 6.34. The van der Waals surface area contributed by atoms with Gasteiger partial charge in [-0.05, 0) is 18.1 Å². The van der Waals surface area contributed by atoms with E-state index in [1.165, 1.54) is 6.33 Å². The molecule has 1 rings (SSSR count). The van der Waals surface area contributed by atoms with E-state index in [0.717, 1.165) is 6.54 Å². The van der Waals surface area contributed by atoms with Gasteiger partial charge in [0.15, 0.2) is 11.4 Å². The van der Waals surface area contributed by atoms with Crippen LogP contribution < -0.4 is 10.6 Å². The maximum atomic E-state index is 5.08. The van der Waals surface area contributed by atoms with Crippen LogP contribution >= 0.6 is 12.2 Å². The lowest BCUT2D eigenvalue weighted by Crippen LogP contribution is -2.38. The SMILES string of the molecule is CC(C)CNC(=S)NCCc1ncno1. The predicted octanol–water partition coefficient (Wildman–Crippen LogP) is 0.732. The summed E-state index contributed by atoms with van der Waals surface area (Å²) >= 11 is 5.08. The van der Waals surface area contributed by atoms with Crippen LogP contribution in [-0.4, -0.2) is 28.3 Å². The summed E-state index contributed by atoms with van der Waals surface area (Å²) in [5.41, 5.74) is 0. The minimum Gasteiger partial charge on any atom is -0.362 e. The molecular weight excluding hydrogens is 212 g/mol. The van der Waals surface area contributed by atoms with Crippen LogP contribution in [0.3, 0.4) is 0 Å². The van der Waals surface area contributed by atoms with E-state index < -0.39 is 0 Å². The third kappa shape index (κ3) is 5.31. The second-order valence-electron chi connectivity index (χ2n) is 3.62. The van der Waals surface area contributed by atoms with Crippen LogP contribution in [-0.2, 0) is 6.42 Å². The van der Waals surface area contributed by atoms with Crippen molar-refractivity contribution in [3.63, 3.8) is 0 Å². The Morgan fingerprint density at radius 3 is 2.93 bits per heavy atom. The first kappa shape index (κ1) is 11.9. The van der Waals surface area contributed by atoms with Crippen molar-refractivity contribution >= 4 is 17.3 Å². The molecule has 2 N–H and O–H groups in total. The number of rotatable bonds is 5. The Bertz CT molecular complexity index is 286. The molecule has 0 fully saturated rings. The molecule has 0 aromatic carbocycles. The van der Waals surface area contributed by atoms with E-state index in [4.69, 9.17) is 16.7 Å². The molecule has 0 aliphatic rings. The molecule has 15 heavy (non-hydrogen) atoms. The van der Waals surface area contributed by atoms with Gasteiger partial charge in [-0.25, -0.2) is 0 Å². The normalized spacial score (nSPS) is 10.3. The molecule has 0 saturated heterocycles. The zero-order chi connectivity index (χ0) is 11.1. The van der Waals surface area contributed by atoms with Gasteiger partial charge in [0.05, 0.1) is 0 Å². The quantitative estimate of drug-likeness (QED) is 0.725. The fourth-order valence-electron chi connectivity index (χ4n) is 0.948. The molecule has 1 aromatic heterocycles. The van der Waals surface area contributed by atoms with Crippen LogP contribution in [0.5, 0.6) is 0 Å². The maximum Gasteiger partial charge on any atom is 0.228 e. The van der Waals surface area contributed by atoms with E-state index in [-0.39, 0.29) is 0 Å². The van der Waals surface area contributed by atoms with Gasteiger partial charge in [-0.3, -0.25) is 0 Å². The van der Waals surface area contributed by atoms with E-state index in [1.54, 1.807) is 0 Å². The van der Waals surface area contributed by atoms with Gasteiger partial charge in [0.2, 0.25) is 5.89 Å². The van der Waals surface area contributed by atoms with Crippen LogP contribution in [0.25, 0.3) is 0 Å². The summed E-state index contributed by atoms with van der Waals surface area (Å²) in [5, 5.41) is 10.4. The summed E-state index contributed by atoms with van der Waals surface area (Å²) in [6.45, 7) is 5.85. The second-order valence-corrected chi connectivity index (χ2v) is 4.02. The molecule has 0 aliphatic heterocycles. The van der Waals surface area contributed by atoms with Crippen molar-refractivity contribution in [2.75, 3.05) is 13.1 Å². The molecule has 6 heteroatoms. The maximum absolute atomic E-state index is 5.08. The molecule has 0 radical (unpaired) electrons. The Labute approximate surface area is 94.6 Å². The molecule has 0 amide bonds. The molecule has 0 spiro atoms. The molecule has 1 aromatic rings. The number of nitrogens with one attached hydrogen (secondary N) is 2. The van der Waals surface area contributed by atoms with Gasteiger partial charge >= 0.3 is 0 Å². The van der Waals surface area contributed by atoms with Gasteiger partial charge in [0, 0.05) is 19.5 Å². The number of hydrogen-bond donors (Lipinski definition) is 2. The van der Waals surface area contributed by atoms with Crippen molar-refractivity contribution in [2.45, 2.75) is 20.3 Å². The Hall–Kier alpha value is -1.17. The molecule has 1 heterocycles. The first-order valence-corrected chi connectivity index (χ1v) is 5.36. The fraction of sp³-hybridized carbons (Fsp3) is 0.667.